The summed E-state index contributed by atoms with van der Waals surface area (Å²) in [6, 6.07) is 7.62. The van der Waals surface area contributed by atoms with Crippen molar-refractivity contribution < 1.29 is 14.3 Å². The van der Waals surface area contributed by atoms with Crippen molar-refractivity contribution in [2.75, 3.05) is 5.32 Å². The van der Waals surface area contributed by atoms with Crippen molar-refractivity contribution in [3.05, 3.63) is 51.0 Å². The Bertz CT molecular complexity index is 956. The Hall–Kier alpha value is -3.03. The first kappa shape index (κ1) is 16.4. The van der Waals surface area contributed by atoms with Gasteiger partial charge in [-0.15, -0.1) is 0 Å². The summed E-state index contributed by atoms with van der Waals surface area (Å²) in [7, 11) is 0. The van der Waals surface area contributed by atoms with Gasteiger partial charge in [0.05, 0.1) is 6.54 Å². The lowest BCUT2D eigenvalue weighted by Gasteiger charge is -2.21. The highest BCUT2D eigenvalue weighted by atomic mass is 16.7. The van der Waals surface area contributed by atoms with Gasteiger partial charge in [-0.1, -0.05) is 0 Å². The van der Waals surface area contributed by atoms with E-state index in [0.717, 1.165) is 36.4 Å². The fourth-order valence-corrected chi connectivity index (χ4v) is 3.35. The van der Waals surface area contributed by atoms with Crippen LogP contribution in [0.2, 0.25) is 0 Å². The van der Waals surface area contributed by atoms with Crippen molar-refractivity contribution in [3.63, 3.8) is 0 Å². The summed E-state index contributed by atoms with van der Waals surface area (Å²) in [5, 5.41) is 5.16. The molecular weight excluding hydrogens is 338 g/mol. The molecule has 2 N–H and O–H groups in total. The Kier molecular flexibility index (Phi) is 4.02. The third kappa shape index (κ3) is 3.22. The van der Waals surface area contributed by atoms with Crippen LogP contribution < -0.4 is 25.9 Å². The SMILES string of the molecule is O=C(CCn1[nH]c(=O)ccc1=O)Nc1ccc2c(c1)OC1(CCCC1)O2. The number of hydrogen-bond acceptors (Lipinski definition) is 5. The summed E-state index contributed by atoms with van der Waals surface area (Å²) < 4.78 is 13.0. The van der Waals surface area contributed by atoms with Crippen molar-refractivity contribution in [1.82, 2.24) is 9.78 Å². The van der Waals surface area contributed by atoms with E-state index in [0.29, 0.717) is 17.2 Å². The smallest absolute Gasteiger partial charge is 0.265 e. The first-order valence-electron chi connectivity index (χ1n) is 8.65. The van der Waals surface area contributed by atoms with Gasteiger partial charge in [0.25, 0.3) is 16.9 Å². The molecule has 2 aliphatic rings. The van der Waals surface area contributed by atoms with Gasteiger partial charge in [0, 0.05) is 43.1 Å². The molecule has 26 heavy (non-hydrogen) atoms. The molecule has 1 aliphatic heterocycles. The Labute approximate surface area is 148 Å². The van der Waals surface area contributed by atoms with Crippen LogP contribution in [0, 0.1) is 0 Å². The quantitative estimate of drug-likeness (QED) is 0.865. The van der Waals surface area contributed by atoms with Crippen LogP contribution in [0.4, 0.5) is 5.69 Å². The van der Waals surface area contributed by atoms with Crippen LogP contribution in [0.5, 0.6) is 11.5 Å². The number of rotatable bonds is 4. The summed E-state index contributed by atoms with van der Waals surface area (Å²) in [5.74, 6) is 0.522. The van der Waals surface area contributed by atoms with Crippen LogP contribution in [0.15, 0.2) is 39.9 Å². The molecule has 1 aliphatic carbocycles. The zero-order chi connectivity index (χ0) is 18.1. The molecular formula is C18H19N3O5. The molecule has 4 rings (SSSR count). The number of aryl methyl sites for hydroxylation is 1. The Morgan fingerprint density at radius 3 is 2.69 bits per heavy atom. The summed E-state index contributed by atoms with van der Waals surface area (Å²) >= 11 is 0. The largest absolute Gasteiger partial charge is 0.448 e. The summed E-state index contributed by atoms with van der Waals surface area (Å²) in [5.41, 5.74) is -0.148. The van der Waals surface area contributed by atoms with Gasteiger partial charge in [0.1, 0.15) is 0 Å². The lowest BCUT2D eigenvalue weighted by molar-refractivity contribution is -0.116. The number of carbonyl (C=O) groups excluding carboxylic acids is 1. The molecule has 8 heteroatoms. The topological polar surface area (TPSA) is 102 Å². The average Bonchev–Trinajstić information content (AvgIpc) is 3.21. The minimum Gasteiger partial charge on any atom is -0.448 e. The number of aromatic amines is 1. The minimum atomic E-state index is -0.536. The van der Waals surface area contributed by atoms with Gasteiger partial charge in [0.2, 0.25) is 5.91 Å². The van der Waals surface area contributed by atoms with E-state index in [-0.39, 0.29) is 30.0 Å². The third-order valence-corrected chi connectivity index (χ3v) is 4.64. The Balaban J connectivity index is 1.39. The number of benzene rings is 1. The summed E-state index contributed by atoms with van der Waals surface area (Å²) in [6.07, 6.45) is 3.95. The molecule has 0 saturated heterocycles. The van der Waals surface area contributed by atoms with E-state index in [9.17, 15) is 14.4 Å². The second kappa shape index (κ2) is 6.36. The first-order valence-corrected chi connectivity index (χ1v) is 8.65. The average molecular weight is 357 g/mol. The van der Waals surface area contributed by atoms with Gasteiger partial charge in [-0.2, -0.15) is 0 Å². The molecule has 1 aromatic heterocycles. The van der Waals surface area contributed by atoms with E-state index >= 15 is 0 Å². The zero-order valence-electron chi connectivity index (χ0n) is 14.1. The van der Waals surface area contributed by atoms with Gasteiger partial charge in [-0.05, 0) is 25.0 Å². The van der Waals surface area contributed by atoms with Crippen molar-refractivity contribution in [2.45, 2.75) is 44.4 Å². The lowest BCUT2D eigenvalue weighted by atomic mass is 10.2. The van der Waals surface area contributed by atoms with Crippen LogP contribution >= 0.6 is 0 Å². The molecule has 136 valence electrons. The van der Waals surface area contributed by atoms with E-state index in [1.165, 1.54) is 6.07 Å². The van der Waals surface area contributed by atoms with Crippen molar-refractivity contribution in [2.24, 2.45) is 0 Å². The number of carbonyl (C=O) groups is 1. The third-order valence-electron chi connectivity index (χ3n) is 4.64. The maximum absolute atomic E-state index is 12.1. The predicted molar refractivity (Wildman–Crippen MR) is 93.5 cm³/mol. The van der Waals surface area contributed by atoms with Gasteiger partial charge >= 0.3 is 0 Å². The van der Waals surface area contributed by atoms with E-state index in [1.807, 2.05) is 0 Å². The highest BCUT2D eigenvalue weighted by molar-refractivity contribution is 5.91. The number of aromatic nitrogens is 2. The van der Waals surface area contributed by atoms with Gasteiger partial charge in [-0.25, -0.2) is 4.68 Å². The molecule has 0 radical (unpaired) electrons. The molecule has 1 aromatic carbocycles. The molecule has 1 saturated carbocycles. The van der Waals surface area contributed by atoms with Crippen molar-refractivity contribution >= 4 is 11.6 Å². The van der Waals surface area contributed by atoms with Crippen LogP contribution in [-0.2, 0) is 11.3 Å². The number of hydrogen-bond donors (Lipinski definition) is 2. The maximum Gasteiger partial charge on any atom is 0.265 e. The van der Waals surface area contributed by atoms with Gasteiger partial charge < -0.3 is 14.8 Å². The molecule has 0 unspecified atom stereocenters. The highest BCUT2D eigenvalue weighted by Gasteiger charge is 2.44. The number of nitrogens with zero attached hydrogens (tertiary/aromatic N) is 1. The Morgan fingerprint density at radius 2 is 1.88 bits per heavy atom. The van der Waals surface area contributed by atoms with E-state index in [1.54, 1.807) is 18.2 Å². The molecule has 2 heterocycles. The predicted octanol–water partition coefficient (Wildman–Crippen LogP) is 1.61. The second-order valence-electron chi connectivity index (χ2n) is 6.58. The van der Waals surface area contributed by atoms with Crippen molar-refractivity contribution in [1.29, 1.82) is 0 Å². The molecule has 0 bridgehead atoms. The standard InChI is InChI=1S/C18H19N3O5/c22-15(7-10-21-17(24)6-5-16(23)20-21)19-12-3-4-13-14(11-12)26-18(25-13)8-1-2-9-18/h3-6,11H,1-2,7-10H2,(H,19,22)(H,20,23). The van der Waals surface area contributed by atoms with Crippen LogP contribution in [0.3, 0.4) is 0 Å². The number of anilines is 1. The second-order valence-corrected chi connectivity index (χ2v) is 6.58. The van der Waals surface area contributed by atoms with Gasteiger partial charge in [-0.3, -0.25) is 19.5 Å². The fourth-order valence-electron chi connectivity index (χ4n) is 3.35. The number of fused-ring (bicyclic) bond motifs is 1. The molecule has 1 spiro atoms. The fraction of sp³-hybridized carbons (Fsp3) is 0.389. The summed E-state index contributed by atoms with van der Waals surface area (Å²) in [4.78, 5) is 35.0. The van der Waals surface area contributed by atoms with E-state index in [2.05, 4.69) is 10.4 Å². The first-order chi connectivity index (χ1) is 12.5. The molecule has 1 fully saturated rings. The lowest BCUT2D eigenvalue weighted by Crippen LogP contribution is -2.34. The minimum absolute atomic E-state index is 0.0538. The monoisotopic (exact) mass is 357 g/mol. The molecule has 1 amide bonds. The number of H-pyrrole nitrogens is 1. The van der Waals surface area contributed by atoms with Crippen molar-refractivity contribution in [3.8, 4) is 11.5 Å². The molecule has 2 aromatic rings. The van der Waals surface area contributed by atoms with Gasteiger partial charge in [0.15, 0.2) is 11.5 Å². The maximum atomic E-state index is 12.1. The number of nitrogens with one attached hydrogen (secondary N) is 2. The van der Waals surface area contributed by atoms with Crippen LogP contribution in [0.1, 0.15) is 32.1 Å². The normalized spacial score (nSPS) is 16.8. The zero-order valence-corrected chi connectivity index (χ0v) is 14.1. The molecule has 8 nitrogen and oxygen atoms in total. The van der Waals surface area contributed by atoms with E-state index < -0.39 is 5.79 Å². The Morgan fingerprint density at radius 1 is 1.12 bits per heavy atom. The number of amides is 1. The summed E-state index contributed by atoms with van der Waals surface area (Å²) in [6.45, 7) is 0.0917. The molecule has 0 atom stereocenters. The van der Waals surface area contributed by atoms with Crippen LogP contribution in [0.25, 0.3) is 0 Å². The number of ether oxygens (including phenoxy) is 2. The van der Waals surface area contributed by atoms with E-state index in [4.69, 9.17) is 9.47 Å². The highest BCUT2D eigenvalue weighted by Crippen LogP contribution is 2.47. The van der Waals surface area contributed by atoms with Crippen LogP contribution in [-0.4, -0.2) is 21.5 Å².